The molecule has 0 atom stereocenters. The molecule has 104 valence electrons. The topological polar surface area (TPSA) is 64.1 Å². The minimum absolute atomic E-state index is 0.0622. The van der Waals surface area contributed by atoms with E-state index in [0.29, 0.717) is 24.6 Å². The van der Waals surface area contributed by atoms with Gasteiger partial charge in [-0.2, -0.15) is 0 Å². The summed E-state index contributed by atoms with van der Waals surface area (Å²) in [6.45, 7) is 6.22. The summed E-state index contributed by atoms with van der Waals surface area (Å²) in [5.74, 6) is 0.760. The number of anilines is 1. The highest BCUT2D eigenvalue weighted by atomic mass is 32.1. The predicted molar refractivity (Wildman–Crippen MR) is 77.0 cm³/mol. The third-order valence-corrected chi connectivity index (χ3v) is 2.96. The lowest BCUT2D eigenvalue weighted by Gasteiger charge is -2.06. The Labute approximate surface area is 117 Å². The van der Waals surface area contributed by atoms with Crippen molar-refractivity contribution in [1.82, 2.24) is 10.2 Å². The number of aromatic nitrogens is 2. The molecule has 0 spiro atoms. The van der Waals surface area contributed by atoms with Crippen molar-refractivity contribution in [3.63, 3.8) is 0 Å². The Kier molecular flexibility index (Phi) is 6.81. The molecular formula is C13H19N3O2S. The van der Waals surface area contributed by atoms with Crippen LogP contribution in [0.25, 0.3) is 0 Å². The van der Waals surface area contributed by atoms with Gasteiger partial charge in [0.05, 0.1) is 6.61 Å². The van der Waals surface area contributed by atoms with E-state index in [2.05, 4.69) is 15.5 Å². The van der Waals surface area contributed by atoms with Crippen LogP contribution in [0.4, 0.5) is 5.13 Å². The molecule has 0 aliphatic rings. The second kappa shape index (κ2) is 8.42. The second-order valence-electron chi connectivity index (χ2n) is 3.82. The van der Waals surface area contributed by atoms with Crippen molar-refractivity contribution in [2.24, 2.45) is 0 Å². The van der Waals surface area contributed by atoms with Gasteiger partial charge in [-0.1, -0.05) is 17.4 Å². The lowest BCUT2D eigenvalue weighted by molar-refractivity contribution is -0.116. The van der Waals surface area contributed by atoms with Crippen LogP contribution in [0.15, 0.2) is 24.0 Å². The Balaban J connectivity index is 2.20. The number of amides is 1. The van der Waals surface area contributed by atoms with E-state index in [1.807, 2.05) is 39.0 Å². The number of nitrogens with zero attached hydrogens (tertiary/aromatic N) is 2. The van der Waals surface area contributed by atoms with Gasteiger partial charge in [0, 0.05) is 6.42 Å². The van der Waals surface area contributed by atoms with Crippen molar-refractivity contribution in [1.29, 1.82) is 0 Å². The number of ether oxygens (including phenoxy) is 1. The maximum Gasteiger partial charge on any atom is 0.226 e. The smallest absolute Gasteiger partial charge is 0.226 e. The number of hydrogen-bond donors (Lipinski definition) is 1. The van der Waals surface area contributed by atoms with E-state index in [1.165, 1.54) is 11.3 Å². The minimum Gasteiger partial charge on any atom is -0.494 e. The van der Waals surface area contributed by atoms with Gasteiger partial charge in [-0.3, -0.25) is 4.79 Å². The van der Waals surface area contributed by atoms with Crippen molar-refractivity contribution in [2.75, 3.05) is 11.9 Å². The quantitative estimate of drug-likeness (QED) is 0.474. The first kappa shape index (κ1) is 15.4. The number of carbonyl (C=O) groups is 1. The molecule has 0 aliphatic carbocycles. The normalized spacial score (nSPS) is 11.8. The van der Waals surface area contributed by atoms with E-state index in [1.54, 1.807) is 0 Å². The van der Waals surface area contributed by atoms with E-state index in [4.69, 9.17) is 4.74 Å². The lowest BCUT2D eigenvalue weighted by atomic mass is 10.3. The molecule has 1 rings (SSSR count). The van der Waals surface area contributed by atoms with Crippen molar-refractivity contribution >= 4 is 22.4 Å². The van der Waals surface area contributed by atoms with E-state index >= 15 is 0 Å². The van der Waals surface area contributed by atoms with Crippen molar-refractivity contribution in [3.8, 4) is 0 Å². The zero-order valence-electron chi connectivity index (χ0n) is 11.5. The SMILES string of the molecule is C/C=C\C(=C/C)OCCCC(=O)Nc1nnc(C)s1. The molecule has 0 saturated carbocycles. The molecule has 1 heterocycles. The number of allylic oxidation sites excluding steroid dienone is 3. The third kappa shape index (κ3) is 6.15. The standard InChI is InChI=1S/C13H19N3O2S/c1-4-7-11(5-2)18-9-6-8-12(17)14-13-16-15-10(3)19-13/h4-5,7H,6,8-9H2,1-3H3,(H,14,16,17)/b7-4-,11-5+. The van der Waals surface area contributed by atoms with E-state index < -0.39 is 0 Å². The van der Waals surface area contributed by atoms with Crippen LogP contribution in [0.2, 0.25) is 0 Å². The van der Waals surface area contributed by atoms with Gasteiger partial charge >= 0.3 is 0 Å². The first-order chi connectivity index (χ1) is 9.15. The fraction of sp³-hybridized carbons (Fsp3) is 0.462. The third-order valence-electron chi connectivity index (χ3n) is 2.20. The molecule has 0 radical (unpaired) electrons. The van der Waals surface area contributed by atoms with E-state index in [0.717, 1.165) is 10.8 Å². The van der Waals surface area contributed by atoms with Gasteiger partial charge < -0.3 is 10.1 Å². The molecule has 1 amide bonds. The Morgan fingerprint density at radius 2 is 2.21 bits per heavy atom. The molecule has 0 aromatic carbocycles. The maximum absolute atomic E-state index is 11.6. The molecule has 1 aromatic rings. The highest BCUT2D eigenvalue weighted by Gasteiger charge is 2.06. The molecule has 5 nitrogen and oxygen atoms in total. The largest absolute Gasteiger partial charge is 0.494 e. The molecule has 19 heavy (non-hydrogen) atoms. The molecule has 1 N–H and O–H groups in total. The fourth-order valence-corrected chi connectivity index (χ4v) is 1.95. The maximum atomic E-state index is 11.6. The summed E-state index contributed by atoms with van der Waals surface area (Å²) >= 11 is 1.37. The zero-order chi connectivity index (χ0) is 14.1. The molecule has 0 bridgehead atoms. The monoisotopic (exact) mass is 281 g/mol. The van der Waals surface area contributed by atoms with Crippen LogP contribution >= 0.6 is 11.3 Å². The van der Waals surface area contributed by atoms with Crippen LogP contribution in [0, 0.1) is 6.92 Å². The van der Waals surface area contributed by atoms with Gasteiger partial charge in [-0.05, 0) is 39.3 Å². The van der Waals surface area contributed by atoms with Gasteiger partial charge in [0.15, 0.2) is 0 Å². The highest BCUT2D eigenvalue weighted by molar-refractivity contribution is 7.15. The van der Waals surface area contributed by atoms with Gasteiger partial charge in [0.25, 0.3) is 0 Å². The summed E-state index contributed by atoms with van der Waals surface area (Å²) in [4.78, 5) is 11.6. The predicted octanol–water partition coefficient (Wildman–Crippen LogP) is 3.06. The summed E-state index contributed by atoms with van der Waals surface area (Å²) < 4.78 is 5.51. The number of nitrogens with one attached hydrogen (secondary N) is 1. The molecule has 0 saturated heterocycles. The molecule has 0 unspecified atom stereocenters. The van der Waals surface area contributed by atoms with Crippen LogP contribution in [0.1, 0.15) is 31.7 Å². The Bertz CT molecular complexity index is 466. The Morgan fingerprint density at radius 3 is 2.79 bits per heavy atom. The van der Waals surface area contributed by atoms with Crippen LogP contribution in [0.5, 0.6) is 0 Å². The average Bonchev–Trinajstić information content (AvgIpc) is 2.78. The highest BCUT2D eigenvalue weighted by Crippen LogP contribution is 2.14. The summed E-state index contributed by atoms with van der Waals surface area (Å²) in [5.41, 5.74) is 0. The van der Waals surface area contributed by atoms with Gasteiger partial charge in [0.1, 0.15) is 10.8 Å². The van der Waals surface area contributed by atoms with Crippen LogP contribution in [0.3, 0.4) is 0 Å². The summed E-state index contributed by atoms with van der Waals surface area (Å²) in [5, 5.41) is 11.8. The number of rotatable bonds is 7. The Hall–Kier alpha value is -1.69. The molecular weight excluding hydrogens is 262 g/mol. The summed E-state index contributed by atoms with van der Waals surface area (Å²) in [6.07, 6.45) is 6.78. The van der Waals surface area contributed by atoms with Crippen LogP contribution in [-0.2, 0) is 9.53 Å². The molecule has 0 aliphatic heterocycles. The van der Waals surface area contributed by atoms with Crippen LogP contribution < -0.4 is 5.32 Å². The van der Waals surface area contributed by atoms with Gasteiger partial charge in [-0.15, -0.1) is 10.2 Å². The minimum atomic E-state index is -0.0622. The van der Waals surface area contributed by atoms with Gasteiger partial charge in [0.2, 0.25) is 11.0 Å². The van der Waals surface area contributed by atoms with E-state index in [-0.39, 0.29) is 5.91 Å². The lowest BCUT2D eigenvalue weighted by Crippen LogP contribution is -2.12. The first-order valence-corrected chi connectivity index (χ1v) is 6.99. The van der Waals surface area contributed by atoms with Crippen molar-refractivity contribution in [2.45, 2.75) is 33.6 Å². The summed E-state index contributed by atoms with van der Waals surface area (Å²) in [6, 6.07) is 0. The Morgan fingerprint density at radius 1 is 1.42 bits per heavy atom. The van der Waals surface area contributed by atoms with Gasteiger partial charge in [-0.25, -0.2) is 0 Å². The fourth-order valence-electron chi connectivity index (χ4n) is 1.34. The number of carbonyl (C=O) groups excluding carboxylic acids is 1. The molecule has 6 heteroatoms. The molecule has 0 fully saturated rings. The zero-order valence-corrected chi connectivity index (χ0v) is 12.3. The first-order valence-electron chi connectivity index (χ1n) is 6.17. The molecule has 1 aromatic heterocycles. The van der Waals surface area contributed by atoms with Crippen LogP contribution in [-0.4, -0.2) is 22.7 Å². The second-order valence-corrected chi connectivity index (χ2v) is 5.00. The number of aryl methyl sites for hydroxylation is 1. The van der Waals surface area contributed by atoms with Crippen molar-refractivity contribution < 1.29 is 9.53 Å². The van der Waals surface area contributed by atoms with E-state index in [9.17, 15) is 4.79 Å². The summed E-state index contributed by atoms with van der Waals surface area (Å²) in [7, 11) is 0. The average molecular weight is 281 g/mol. The van der Waals surface area contributed by atoms with Crippen molar-refractivity contribution in [3.05, 3.63) is 29.0 Å². The number of hydrogen-bond acceptors (Lipinski definition) is 5.